The molecule has 0 aromatic rings. The van der Waals surface area contributed by atoms with Gasteiger partial charge in [-0.2, -0.15) is 0 Å². The Labute approximate surface area is 73.7 Å². The molecule has 0 saturated heterocycles. The van der Waals surface area contributed by atoms with E-state index in [0.29, 0.717) is 6.61 Å². The lowest BCUT2D eigenvalue weighted by Crippen LogP contribution is -2.33. The van der Waals surface area contributed by atoms with Crippen molar-refractivity contribution < 1.29 is 19.2 Å². The number of rotatable bonds is 6. The van der Waals surface area contributed by atoms with Gasteiger partial charge in [0.2, 0.25) is 0 Å². The van der Waals surface area contributed by atoms with Crippen LogP contribution in [0.25, 0.3) is 0 Å². The zero-order chi connectivity index (χ0) is 9.61. The topological polar surface area (TPSA) is 36.9 Å². The third kappa shape index (κ3) is 5.49. The molecule has 0 aliphatic rings. The summed E-state index contributed by atoms with van der Waals surface area (Å²) in [5.41, 5.74) is 0. The first kappa shape index (κ1) is 11.8. The number of hydrogen-bond donors (Lipinski definition) is 0. The molecule has 0 fully saturated rings. The molecule has 0 amide bonds. The Morgan fingerprint density at radius 1 is 1.25 bits per heavy atom. The lowest BCUT2D eigenvalue weighted by atomic mass is 10.3. The summed E-state index contributed by atoms with van der Waals surface area (Å²) < 4.78 is 10.5. The molecule has 4 nitrogen and oxygen atoms in total. The second kappa shape index (κ2) is 5.48. The maximum Gasteiger partial charge on any atom is 0.162 e. The molecule has 0 rings (SSSR count). The third-order valence-corrected chi connectivity index (χ3v) is 1.40. The summed E-state index contributed by atoms with van der Waals surface area (Å²) >= 11 is 0. The van der Waals surface area contributed by atoms with Crippen molar-refractivity contribution in [1.29, 1.82) is 0 Å². The van der Waals surface area contributed by atoms with Gasteiger partial charge in [0.25, 0.3) is 0 Å². The molecule has 0 N–H and O–H groups in total. The number of methoxy groups -OCH3 is 1. The van der Waals surface area contributed by atoms with Crippen molar-refractivity contribution in [3.63, 3.8) is 0 Å². The van der Waals surface area contributed by atoms with Gasteiger partial charge in [-0.15, -0.1) is 0 Å². The predicted molar refractivity (Wildman–Crippen MR) is 44.6 cm³/mol. The molecule has 4 heteroatoms. The van der Waals surface area contributed by atoms with Gasteiger partial charge >= 0.3 is 0 Å². The Morgan fingerprint density at radius 2 is 1.83 bits per heavy atom. The van der Waals surface area contributed by atoms with Gasteiger partial charge in [-0.05, 0) is 20.8 Å². The van der Waals surface area contributed by atoms with Gasteiger partial charge in [-0.25, -0.2) is 9.78 Å². The van der Waals surface area contributed by atoms with Crippen LogP contribution in [0.2, 0.25) is 0 Å². The molecular formula is C8H18O4. The van der Waals surface area contributed by atoms with Crippen molar-refractivity contribution >= 4 is 0 Å². The Kier molecular flexibility index (Phi) is 5.41. The fourth-order valence-electron chi connectivity index (χ4n) is 0.730. The van der Waals surface area contributed by atoms with Gasteiger partial charge < -0.3 is 9.47 Å². The summed E-state index contributed by atoms with van der Waals surface area (Å²) in [6, 6.07) is 0. The lowest BCUT2D eigenvalue weighted by Gasteiger charge is -2.27. The minimum Gasteiger partial charge on any atom is -0.354 e. The Balaban J connectivity index is 3.60. The van der Waals surface area contributed by atoms with Crippen LogP contribution in [-0.4, -0.2) is 32.7 Å². The van der Waals surface area contributed by atoms with E-state index in [1.807, 2.05) is 20.8 Å². The molecule has 0 saturated carbocycles. The molecule has 0 radical (unpaired) electrons. The highest BCUT2D eigenvalue weighted by Gasteiger charge is 2.20. The van der Waals surface area contributed by atoms with E-state index < -0.39 is 5.79 Å². The average molecular weight is 178 g/mol. The smallest absolute Gasteiger partial charge is 0.162 e. The van der Waals surface area contributed by atoms with Crippen LogP contribution in [0, 0.1) is 0 Å². The minimum absolute atomic E-state index is 0.0556. The van der Waals surface area contributed by atoms with Crippen molar-refractivity contribution in [3.05, 3.63) is 0 Å². The van der Waals surface area contributed by atoms with Crippen LogP contribution in [0.5, 0.6) is 0 Å². The van der Waals surface area contributed by atoms with Gasteiger partial charge in [0.15, 0.2) is 5.79 Å². The summed E-state index contributed by atoms with van der Waals surface area (Å²) in [6.07, 6.45) is -0.0556. The van der Waals surface area contributed by atoms with E-state index in [2.05, 4.69) is 4.89 Å². The van der Waals surface area contributed by atoms with Crippen molar-refractivity contribution in [2.24, 2.45) is 0 Å². The van der Waals surface area contributed by atoms with Crippen LogP contribution < -0.4 is 0 Å². The quantitative estimate of drug-likeness (QED) is 0.349. The van der Waals surface area contributed by atoms with Crippen LogP contribution in [0.15, 0.2) is 0 Å². The maximum atomic E-state index is 5.46. The SMILES string of the molecule is COOCC(C)OC(C)(C)OC. The van der Waals surface area contributed by atoms with E-state index in [0.717, 1.165) is 0 Å². The summed E-state index contributed by atoms with van der Waals surface area (Å²) in [5.74, 6) is -0.573. The van der Waals surface area contributed by atoms with Gasteiger partial charge in [0.05, 0.1) is 13.2 Å². The zero-order valence-corrected chi connectivity index (χ0v) is 8.42. The summed E-state index contributed by atoms with van der Waals surface area (Å²) in [7, 11) is 3.07. The molecule has 1 unspecified atom stereocenters. The van der Waals surface area contributed by atoms with Crippen molar-refractivity contribution in [1.82, 2.24) is 0 Å². The van der Waals surface area contributed by atoms with Crippen LogP contribution >= 0.6 is 0 Å². The second-order valence-corrected chi connectivity index (χ2v) is 2.98. The molecule has 74 valence electrons. The first-order chi connectivity index (χ1) is 5.52. The Hall–Kier alpha value is -0.160. The molecule has 0 spiro atoms. The standard InChI is InChI=1S/C8H18O4/c1-7(6-11-10-5)12-8(2,3)9-4/h7H,6H2,1-5H3. The minimum atomic E-state index is -0.573. The Bertz CT molecular complexity index is 114. The van der Waals surface area contributed by atoms with Gasteiger partial charge in [-0.1, -0.05) is 0 Å². The van der Waals surface area contributed by atoms with E-state index in [9.17, 15) is 0 Å². The van der Waals surface area contributed by atoms with Gasteiger partial charge in [-0.3, -0.25) is 0 Å². The summed E-state index contributed by atoms with van der Waals surface area (Å²) in [4.78, 5) is 9.14. The van der Waals surface area contributed by atoms with Crippen molar-refractivity contribution in [2.45, 2.75) is 32.7 Å². The molecule has 12 heavy (non-hydrogen) atoms. The van der Waals surface area contributed by atoms with Gasteiger partial charge in [0.1, 0.15) is 6.61 Å². The summed E-state index contributed by atoms with van der Waals surface area (Å²) in [6.45, 7) is 5.97. The van der Waals surface area contributed by atoms with Crippen LogP contribution in [0.1, 0.15) is 20.8 Å². The normalized spacial score (nSPS) is 14.8. The largest absolute Gasteiger partial charge is 0.354 e. The average Bonchev–Trinajstić information content (AvgIpc) is 2.00. The van der Waals surface area contributed by atoms with Crippen LogP contribution in [0.3, 0.4) is 0 Å². The number of hydrogen-bond acceptors (Lipinski definition) is 4. The zero-order valence-electron chi connectivity index (χ0n) is 8.42. The van der Waals surface area contributed by atoms with E-state index in [1.165, 1.54) is 7.11 Å². The van der Waals surface area contributed by atoms with E-state index in [4.69, 9.17) is 14.4 Å². The fourth-order valence-corrected chi connectivity index (χ4v) is 0.730. The van der Waals surface area contributed by atoms with E-state index in [-0.39, 0.29) is 6.10 Å². The first-order valence-electron chi connectivity index (χ1n) is 3.90. The highest BCUT2D eigenvalue weighted by Crippen LogP contribution is 2.12. The predicted octanol–water partition coefficient (Wildman–Crippen LogP) is 1.35. The lowest BCUT2D eigenvalue weighted by molar-refractivity contribution is -0.305. The molecule has 0 bridgehead atoms. The van der Waals surface area contributed by atoms with Crippen LogP contribution in [-0.2, 0) is 19.2 Å². The molecule has 1 atom stereocenters. The Morgan fingerprint density at radius 3 is 2.25 bits per heavy atom. The molecule has 0 aromatic heterocycles. The maximum absolute atomic E-state index is 5.46. The van der Waals surface area contributed by atoms with Gasteiger partial charge in [0, 0.05) is 7.11 Å². The molecular weight excluding hydrogens is 160 g/mol. The molecule has 0 heterocycles. The van der Waals surface area contributed by atoms with Crippen LogP contribution in [0.4, 0.5) is 0 Å². The molecule has 0 aliphatic heterocycles. The second-order valence-electron chi connectivity index (χ2n) is 2.98. The van der Waals surface area contributed by atoms with E-state index >= 15 is 0 Å². The first-order valence-corrected chi connectivity index (χ1v) is 3.90. The third-order valence-electron chi connectivity index (χ3n) is 1.40. The highest BCUT2D eigenvalue weighted by atomic mass is 17.2. The summed E-state index contributed by atoms with van der Waals surface area (Å²) in [5, 5.41) is 0. The van der Waals surface area contributed by atoms with Crippen molar-refractivity contribution in [3.8, 4) is 0 Å². The van der Waals surface area contributed by atoms with E-state index in [1.54, 1.807) is 7.11 Å². The molecule has 0 aromatic carbocycles. The molecule has 0 aliphatic carbocycles. The fraction of sp³-hybridized carbons (Fsp3) is 1.00. The monoisotopic (exact) mass is 178 g/mol. The highest BCUT2D eigenvalue weighted by molar-refractivity contribution is 4.56. The number of ether oxygens (including phenoxy) is 2. The van der Waals surface area contributed by atoms with Crippen molar-refractivity contribution in [2.75, 3.05) is 20.8 Å².